The zero-order chi connectivity index (χ0) is 31.2. The highest BCUT2D eigenvalue weighted by molar-refractivity contribution is 5.93. The Morgan fingerprint density at radius 1 is 1.21 bits per heavy atom. The lowest BCUT2D eigenvalue weighted by Crippen LogP contribution is -2.34. The lowest BCUT2D eigenvalue weighted by atomic mass is 9.90. The first-order valence-electron chi connectivity index (χ1n) is 15.0. The van der Waals surface area contributed by atoms with Gasteiger partial charge in [0.25, 0.3) is 5.91 Å². The molecule has 42 heavy (non-hydrogen) atoms. The minimum absolute atomic E-state index is 0.00581. The van der Waals surface area contributed by atoms with Crippen molar-refractivity contribution in [2.45, 2.75) is 66.4 Å². The van der Waals surface area contributed by atoms with Gasteiger partial charge in [-0.25, -0.2) is 0 Å². The molecule has 2 aromatic rings. The molecule has 3 rings (SSSR count). The molecule has 1 unspecified atom stereocenters. The van der Waals surface area contributed by atoms with Crippen LogP contribution in [0.4, 0.5) is 5.69 Å². The van der Waals surface area contributed by atoms with Gasteiger partial charge in [-0.3, -0.25) is 19.7 Å². The molecule has 1 fully saturated rings. The molecule has 2 N–H and O–H groups in total. The van der Waals surface area contributed by atoms with Gasteiger partial charge in [-0.1, -0.05) is 25.5 Å². The summed E-state index contributed by atoms with van der Waals surface area (Å²) in [6.07, 6.45) is 13.9. The molecular weight excluding hydrogens is 524 g/mol. The summed E-state index contributed by atoms with van der Waals surface area (Å²) in [5, 5.41) is 6.62. The van der Waals surface area contributed by atoms with Gasteiger partial charge in [0.2, 0.25) is 0 Å². The minimum Gasteiger partial charge on any atom is -0.388 e. The normalized spacial score (nSPS) is 15.7. The predicted molar refractivity (Wildman–Crippen MR) is 176 cm³/mol. The summed E-state index contributed by atoms with van der Waals surface area (Å²) >= 11 is 0. The number of pyridine rings is 2. The summed E-state index contributed by atoms with van der Waals surface area (Å²) in [5.41, 5.74) is 8.28. The van der Waals surface area contributed by atoms with Gasteiger partial charge in [0.15, 0.2) is 0 Å². The lowest BCUT2D eigenvalue weighted by molar-refractivity contribution is 0.0827. The maximum Gasteiger partial charge on any atom is 0.254 e. The second kappa shape index (κ2) is 17.5. The number of aromatic nitrogens is 2. The van der Waals surface area contributed by atoms with E-state index in [0.717, 1.165) is 66.4 Å². The average Bonchev–Trinajstić information content (AvgIpc) is 2.99. The van der Waals surface area contributed by atoms with Gasteiger partial charge >= 0.3 is 0 Å². The summed E-state index contributed by atoms with van der Waals surface area (Å²) in [6, 6.07) is 3.99. The lowest BCUT2D eigenvalue weighted by Gasteiger charge is -2.32. The Balaban J connectivity index is 0.00000301. The second-order valence-electron chi connectivity index (χ2n) is 10.8. The Bertz CT molecular complexity index is 1240. The summed E-state index contributed by atoms with van der Waals surface area (Å²) in [4.78, 5) is 25.7. The van der Waals surface area contributed by atoms with Crippen LogP contribution in [0, 0.1) is 13.8 Å². The Hall–Kier alpha value is -3.49. The Kier molecular flexibility index (Phi) is 14.4. The fraction of sp³-hybridized carbons (Fsp3) is 0.500. The number of methoxy groups -OCH3 is 1. The molecule has 2 aromatic heterocycles. The van der Waals surface area contributed by atoms with Crippen LogP contribution in [0.15, 0.2) is 54.1 Å². The number of piperidine rings is 1. The molecule has 1 amide bonds. The molecule has 1 atom stereocenters. The van der Waals surface area contributed by atoms with Crippen LogP contribution in [-0.2, 0) is 4.74 Å². The first-order chi connectivity index (χ1) is 20.1. The van der Waals surface area contributed by atoms with Crippen LogP contribution in [0.25, 0.3) is 6.08 Å². The van der Waals surface area contributed by atoms with Gasteiger partial charge < -0.3 is 20.3 Å². The molecular formula is C34H52N6O2. The second-order valence-corrected chi connectivity index (χ2v) is 10.8. The van der Waals surface area contributed by atoms with Gasteiger partial charge in [0, 0.05) is 87.6 Å². The number of rotatable bonds is 11. The number of allylic oxidation sites excluding steroid dienone is 1. The van der Waals surface area contributed by atoms with Gasteiger partial charge in [0.05, 0.1) is 11.7 Å². The molecule has 0 radical (unpaired) electrons. The van der Waals surface area contributed by atoms with E-state index in [9.17, 15) is 4.79 Å². The van der Waals surface area contributed by atoms with Crippen molar-refractivity contribution in [3.05, 3.63) is 82.2 Å². The van der Waals surface area contributed by atoms with Gasteiger partial charge in [-0.05, 0) is 83.5 Å². The number of aryl methyl sites for hydroxylation is 2. The van der Waals surface area contributed by atoms with E-state index in [1.807, 2.05) is 71.4 Å². The quantitative estimate of drug-likeness (QED) is 0.310. The van der Waals surface area contributed by atoms with Crippen molar-refractivity contribution < 1.29 is 9.53 Å². The molecule has 230 valence electrons. The number of hydrogen-bond donors (Lipinski definition) is 2. The van der Waals surface area contributed by atoms with Gasteiger partial charge in [-0.15, -0.1) is 0 Å². The maximum absolute atomic E-state index is 12.3. The first kappa shape index (κ1) is 34.7. The van der Waals surface area contributed by atoms with Gasteiger partial charge in [-0.2, -0.15) is 0 Å². The standard InChI is InChI=1S/C32H46N6O2.C2H6/c1-22(17-29-25(4)34-14-10-30(29)35-13-9-28(33-5)19-24(3)40-8)21-38-15-11-26(12-16-38)31-23(2)18-27(20-36-31)32(39)37(6)7;1-2/h9-10,13-14,17-20,24,26,33H,11-12,15-16,21H2,1-8H3,(H,34,35);1-2H3/b13-9-,22-17+,28-19+;. The SMILES string of the molecule is CC.CNC(/C=C\Nc1ccnc(C)c1/C=C(\C)CN1CCC(c2ncc(C(=O)N(C)C)cc2C)CC1)=C/C(C)OC. The van der Waals surface area contributed by atoms with E-state index in [0.29, 0.717) is 11.5 Å². The molecule has 3 heterocycles. The smallest absolute Gasteiger partial charge is 0.254 e. The molecule has 0 saturated carbocycles. The number of carbonyl (C=O) groups excluding carboxylic acids is 1. The molecule has 0 aliphatic carbocycles. The van der Waals surface area contributed by atoms with Crippen LogP contribution in [0.5, 0.6) is 0 Å². The van der Waals surface area contributed by atoms with E-state index >= 15 is 0 Å². The zero-order valence-electron chi connectivity index (χ0n) is 27.4. The van der Waals surface area contributed by atoms with E-state index in [1.165, 1.54) is 5.57 Å². The minimum atomic E-state index is -0.00581. The monoisotopic (exact) mass is 576 g/mol. The summed E-state index contributed by atoms with van der Waals surface area (Å²) in [6.45, 7) is 15.3. The Morgan fingerprint density at radius 2 is 1.90 bits per heavy atom. The van der Waals surface area contributed by atoms with E-state index in [1.54, 1.807) is 32.3 Å². The van der Waals surface area contributed by atoms with Gasteiger partial charge in [0.1, 0.15) is 0 Å². The number of nitrogens with zero attached hydrogens (tertiary/aromatic N) is 4. The maximum atomic E-state index is 12.3. The van der Waals surface area contributed by atoms with E-state index < -0.39 is 0 Å². The third-order valence-corrected chi connectivity index (χ3v) is 7.38. The summed E-state index contributed by atoms with van der Waals surface area (Å²) < 4.78 is 5.33. The molecule has 1 aliphatic rings. The number of carbonyl (C=O) groups is 1. The third-order valence-electron chi connectivity index (χ3n) is 7.38. The number of anilines is 1. The van der Waals surface area contributed by atoms with Crippen LogP contribution >= 0.6 is 0 Å². The average molecular weight is 577 g/mol. The largest absolute Gasteiger partial charge is 0.388 e. The first-order valence-corrected chi connectivity index (χ1v) is 15.0. The summed E-state index contributed by atoms with van der Waals surface area (Å²) in [5.74, 6) is 0.421. The van der Waals surface area contributed by atoms with Crippen molar-refractivity contribution in [3.63, 3.8) is 0 Å². The number of likely N-dealkylation sites (N-methyl/N-ethyl adjacent to an activating group) is 1. The summed E-state index contributed by atoms with van der Waals surface area (Å²) in [7, 11) is 7.14. The number of ether oxygens (including phenoxy) is 1. The number of hydrogen-bond acceptors (Lipinski definition) is 7. The van der Waals surface area contributed by atoms with Crippen molar-refractivity contribution in [2.75, 3.05) is 53.2 Å². The number of amides is 1. The van der Waals surface area contributed by atoms with E-state index in [4.69, 9.17) is 9.72 Å². The zero-order valence-corrected chi connectivity index (χ0v) is 27.4. The fourth-order valence-electron chi connectivity index (χ4n) is 5.05. The van der Waals surface area contributed by atoms with Crippen LogP contribution in [0.1, 0.15) is 79.3 Å². The van der Waals surface area contributed by atoms with Crippen LogP contribution < -0.4 is 10.6 Å². The van der Waals surface area contributed by atoms with E-state index in [-0.39, 0.29) is 12.0 Å². The molecule has 0 spiro atoms. The molecule has 8 heteroatoms. The highest BCUT2D eigenvalue weighted by atomic mass is 16.5. The predicted octanol–water partition coefficient (Wildman–Crippen LogP) is 6.17. The van der Waals surface area contributed by atoms with Crippen LogP contribution in [0.3, 0.4) is 0 Å². The molecule has 8 nitrogen and oxygen atoms in total. The van der Waals surface area contributed by atoms with Crippen LogP contribution in [-0.4, -0.2) is 79.7 Å². The van der Waals surface area contributed by atoms with Crippen molar-refractivity contribution in [3.8, 4) is 0 Å². The molecule has 1 aliphatic heterocycles. The van der Waals surface area contributed by atoms with Crippen LogP contribution in [0.2, 0.25) is 0 Å². The highest BCUT2D eigenvalue weighted by Gasteiger charge is 2.24. The molecule has 1 saturated heterocycles. The van der Waals surface area contributed by atoms with Crippen molar-refractivity contribution in [2.24, 2.45) is 0 Å². The van der Waals surface area contributed by atoms with E-state index in [2.05, 4.69) is 40.4 Å². The number of likely N-dealkylation sites (tertiary alicyclic amines) is 1. The highest BCUT2D eigenvalue weighted by Crippen LogP contribution is 2.30. The van der Waals surface area contributed by atoms with Crippen molar-refractivity contribution in [1.82, 2.24) is 25.1 Å². The fourth-order valence-corrected chi connectivity index (χ4v) is 5.05. The molecule has 0 bridgehead atoms. The third kappa shape index (κ3) is 10.1. The topological polar surface area (TPSA) is 82.6 Å². The van der Waals surface area contributed by atoms with Crippen molar-refractivity contribution in [1.29, 1.82) is 0 Å². The number of nitrogens with one attached hydrogen (secondary N) is 2. The Labute approximate surface area is 254 Å². The van der Waals surface area contributed by atoms with Crippen molar-refractivity contribution >= 4 is 17.7 Å². The molecule has 0 aromatic carbocycles. The Morgan fingerprint density at radius 3 is 2.50 bits per heavy atom.